The number of hydrogen-bond acceptors (Lipinski definition) is 0. The van der Waals surface area contributed by atoms with Gasteiger partial charge in [0.25, 0.3) is 0 Å². The van der Waals surface area contributed by atoms with Gasteiger partial charge in [-0.25, -0.2) is 0 Å². The highest BCUT2D eigenvalue weighted by molar-refractivity contribution is 6.04. The average Bonchev–Trinajstić information content (AvgIpc) is 3.39. The molecule has 2 aliphatic carbocycles. The number of benzene rings is 14. The van der Waals surface area contributed by atoms with Crippen LogP contribution in [0.3, 0.4) is 0 Å². The van der Waals surface area contributed by atoms with Crippen molar-refractivity contribution >= 4 is 43.1 Å². The lowest BCUT2D eigenvalue weighted by molar-refractivity contribution is 0.490. The number of hydrogen-bond donors (Lipinski definition) is 0. The first kappa shape index (κ1) is 51.7. The van der Waals surface area contributed by atoms with Crippen molar-refractivity contribution < 1.29 is 0 Å². The maximum absolute atomic E-state index is 2.57. The average molecular weight is 1100 g/mol. The van der Waals surface area contributed by atoms with Crippen LogP contribution in [0.4, 0.5) is 0 Å². The summed E-state index contributed by atoms with van der Waals surface area (Å²) in [7, 11) is 0. The molecule has 0 spiro atoms. The van der Waals surface area contributed by atoms with Gasteiger partial charge in [-0.2, -0.15) is 0 Å². The summed E-state index contributed by atoms with van der Waals surface area (Å²) in [5.74, 6) is 0. The lowest BCUT2D eigenvalue weighted by atomic mass is 9.72. The van der Waals surface area contributed by atoms with E-state index in [0.717, 1.165) is 25.7 Å². The first-order valence-electron chi connectivity index (χ1n) is 31.2. The molecule has 0 unspecified atom stereocenters. The number of rotatable bonds is 11. The Bertz CT molecular complexity index is 4520. The fourth-order valence-corrected chi connectivity index (χ4v) is 15.9. The quantitative estimate of drug-likeness (QED) is 0.121. The van der Waals surface area contributed by atoms with Crippen molar-refractivity contribution in [1.82, 2.24) is 0 Å². The van der Waals surface area contributed by atoms with Gasteiger partial charge in [-0.3, -0.25) is 0 Å². The molecule has 0 saturated carbocycles. The predicted molar refractivity (Wildman–Crippen MR) is 368 cm³/mol. The molecule has 0 saturated heterocycles. The molecular weight excluding hydrogens is 1030 g/mol. The first-order chi connectivity index (χ1) is 42.4. The predicted octanol–water partition coefficient (Wildman–Crippen LogP) is 24.1. The summed E-state index contributed by atoms with van der Waals surface area (Å²) >= 11 is 0. The molecule has 86 heavy (non-hydrogen) atoms. The second kappa shape index (κ2) is 20.4. The van der Waals surface area contributed by atoms with Crippen LogP contribution in [0, 0.1) is 0 Å². The summed E-state index contributed by atoms with van der Waals surface area (Å²) < 4.78 is 0. The van der Waals surface area contributed by atoms with Crippen molar-refractivity contribution in [3.8, 4) is 100 Å². The Morgan fingerprint density at radius 1 is 0.186 bits per heavy atom. The topological polar surface area (TPSA) is 0 Å². The van der Waals surface area contributed by atoms with Crippen LogP contribution in [-0.2, 0) is 10.8 Å². The molecule has 0 heterocycles. The van der Waals surface area contributed by atoms with Crippen LogP contribution >= 0.6 is 0 Å². The van der Waals surface area contributed by atoms with E-state index in [2.05, 4.69) is 307 Å². The Morgan fingerprint density at radius 2 is 0.407 bits per heavy atom. The first-order valence-corrected chi connectivity index (χ1v) is 31.2. The third-order valence-electron chi connectivity index (χ3n) is 20.4. The third-order valence-corrected chi connectivity index (χ3v) is 20.4. The molecule has 16 rings (SSSR count). The summed E-state index contributed by atoms with van der Waals surface area (Å²) in [6.45, 7) is 9.63. The molecule has 0 aliphatic heterocycles. The van der Waals surface area contributed by atoms with Crippen LogP contribution in [0.2, 0.25) is 0 Å². The zero-order valence-electron chi connectivity index (χ0n) is 49.4. The molecule has 0 bridgehead atoms. The minimum Gasteiger partial charge on any atom is -0.0642 e. The van der Waals surface area contributed by atoms with Crippen molar-refractivity contribution in [2.24, 2.45) is 0 Å². The Labute approximate surface area is 505 Å². The van der Waals surface area contributed by atoms with E-state index >= 15 is 0 Å². The highest BCUT2D eigenvalue weighted by Gasteiger charge is 2.43. The lowest BCUT2D eigenvalue weighted by Gasteiger charge is -2.31. The molecule has 14 aromatic carbocycles. The summed E-state index contributed by atoms with van der Waals surface area (Å²) in [5.41, 5.74) is 28.5. The fraction of sp³-hybridized carbons (Fsp3) is 0.116. The van der Waals surface area contributed by atoms with E-state index in [1.165, 1.54) is 165 Å². The van der Waals surface area contributed by atoms with Crippen LogP contribution in [-0.4, -0.2) is 0 Å². The lowest BCUT2D eigenvalue weighted by Crippen LogP contribution is -2.23. The Morgan fingerprint density at radius 3 is 0.663 bits per heavy atom. The molecule has 0 radical (unpaired) electrons. The molecule has 410 valence electrons. The molecule has 0 nitrogen and oxygen atoms in total. The summed E-state index contributed by atoms with van der Waals surface area (Å²) in [6, 6.07) is 106. The van der Waals surface area contributed by atoms with Crippen molar-refractivity contribution in [3.63, 3.8) is 0 Å². The standard InChI is InChI=1S/C86H66/c1-5-85(6-2)81-51-59(37-41-77(81)79-43-39-61(53-83(79)85)63-45-65(73-33-17-25-55-21-9-13-29-69(55)73)49-66(46-63)74-34-18-26-56-22-10-14-30-70(56)74)60-38-42-78-80-44-40-62(54-84(80)86(7-3,8-4)82(78)52-60)64-47-67(75-35-19-27-57-23-11-15-31-71(57)75)50-68(48-64)76-36-20-28-58-24-12-16-32-72(58)76/h9-54H,5-8H2,1-4H3. The van der Waals surface area contributed by atoms with Gasteiger partial charge in [0.05, 0.1) is 0 Å². The maximum Gasteiger partial charge on any atom is 0.0210 e. The van der Waals surface area contributed by atoms with E-state index in [4.69, 9.17) is 0 Å². The smallest absolute Gasteiger partial charge is 0.0210 e. The molecule has 0 aromatic heterocycles. The van der Waals surface area contributed by atoms with E-state index < -0.39 is 0 Å². The van der Waals surface area contributed by atoms with E-state index in [1.807, 2.05) is 0 Å². The molecule has 0 fully saturated rings. The van der Waals surface area contributed by atoms with Crippen LogP contribution in [0.5, 0.6) is 0 Å². The van der Waals surface area contributed by atoms with Crippen molar-refractivity contribution in [2.75, 3.05) is 0 Å². The zero-order chi connectivity index (χ0) is 57.7. The van der Waals surface area contributed by atoms with E-state index in [-0.39, 0.29) is 10.8 Å². The Hall–Kier alpha value is -9.88. The van der Waals surface area contributed by atoms with Crippen molar-refractivity contribution in [3.05, 3.63) is 301 Å². The molecule has 0 amide bonds. The molecule has 14 aromatic rings. The van der Waals surface area contributed by atoms with Gasteiger partial charge in [-0.05, 0) is 252 Å². The largest absolute Gasteiger partial charge is 0.0642 e. The van der Waals surface area contributed by atoms with Gasteiger partial charge in [-0.15, -0.1) is 0 Å². The van der Waals surface area contributed by atoms with E-state index in [1.54, 1.807) is 0 Å². The third kappa shape index (κ3) is 8.03. The minimum absolute atomic E-state index is 0.138. The fourth-order valence-electron chi connectivity index (χ4n) is 15.9. The van der Waals surface area contributed by atoms with E-state index in [9.17, 15) is 0 Å². The highest BCUT2D eigenvalue weighted by atomic mass is 14.5. The Balaban J connectivity index is 0.782. The molecule has 0 N–H and O–H groups in total. The van der Waals surface area contributed by atoms with Crippen molar-refractivity contribution in [2.45, 2.75) is 64.2 Å². The highest BCUT2D eigenvalue weighted by Crippen LogP contribution is 2.57. The van der Waals surface area contributed by atoms with Crippen LogP contribution in [0.25, 0.3) is 143 Å². The maximum atomic E-state index is 2.57. The summed E-state index contributed by atoms with van der Waals surface area (Å²) in [5, 5.41) is 10.1. The molecule has 0 heteroatoms. The van der Waals surface area contributed by atoms with Crippen LogP contribution in [0.15, 0.2) is 279 Å². The van der Waals surface area contributed by atoms with E-state index in [0.29, 0.717) is 0 Å². The van der Waals surface area contributed by atoms with Gasteiger partial charge in [0.2, 0.25) is 0 Å². The Kier molecular flexibility index (Phi) is 12.3. The summed E-state index contributed by atoms with van der Waals surface area (Å²) in [6.07, 6.45) is 4.05. The van der Waals surface area contributed by atoms with Gasteiger partial charge >= 0.3 is 0 Å². The second-order valence-electron chi connectivity index (χ2n) is 24.3. The van der Waals surface area contributed by atoms with Crippen LogP contribution < -0.4 is 0 Å². The molecule has 0 atom stereocenters. The summed E-state index contributed by atoms with van der Waals surface area (Å²) in [4.78, 5) is 0. The van der Waals surface area contributed by atoms with Gasteiger partial charge in [0.15, 0.2) is 0 Å². The van der Waals surface area contributed by atoms with Gasteiger partial charge in [-0.1, -0.05) is 246 Å². The van der Waals surface area contributed by atoms with Crippen molar-refractivity contribution in [1.29, 1.82) is 0 Å². The minimum atomic E-state index is -0.138. The van der Waals surface area contributed by atoms with Gasteiger partial charge in [0, 0.05) is 10.8 Å². The van der Waals surface area contributed by atoms with Gasteiger partial charge < -0.3 is 0 Å². The molecular formula is C86H66. The molecule has 2 aliphatic rings. The van der Waals surface area contributed by atoms with Crippen LogP contribution in [0.1, 0.15) is 75.6 Å². The second-order valence-corrected chi connectivity index (χ2v) is 24.3. The van der Waals surface area contributed by atoms with Gasteiger partial charge in [0.1, 0.15) is 0 Å². The number of fused-ring (bicyclic) bond motifs is 10. The zero-order valence-corrected chi connectivity index (χ0v) is 49.4. The monoisotopic (exact) mass is 1100 g/mol. The SMILES string of the molecule is CCC1(CC)c2cc(-c3cc(-c4cccc5ccccc45)cc(-c4cccc5ccccc45)c3)ccc2-c2ccc(-c3ccc4c(c3)C(CC)(CC)c3cc(-c5cc(-c6cccc7ccccc67)cc(-c6cccc7ccccc67)c5)ccc3-4)cc21. The normalized spacial score (nSPS) is 13.5.